The van der Waals surface area contributed by atoms with Crippen molar-refractivity contribution in [1.82, 2.24) is 5.32 Å². The molecule has 1 aromatic carbocycles. The third kappa shape index (κ3) is 3.89. The lowest BCUT2D eigenvalue weighted by atomic mass is 9.86. The molecule has 1 fully saturated rings. The maximum Gasteiger partial charge on any atom is 0.176 e. The third-order valence-electron chi connectivity index (χ3n) is 3.52. The number of nitrogens with zero attached hydrogens (tertiary/aromatic N) is 2. The summed E-state index contributed by atoms with van der Waals surface area (Å²) in [5.41, 5.74) is 1.17. The molecular weight excluding hydrogens is 222 g/mol. The topological polar surface area (TPSA) is 48.2 Å². The number of benzene rings is 1. The van der Waals surface area contributed by atoms with Crippen LogP contribution in [0.1, 0.15) is 31.2 Å². The molecule has 0 radical (unpaired) electrons. The zero-order valence-electron chi connectivity index (χ0n) is 10.5. The van der Waals surface area contributed by atoms with Gasteiger partial charge in [0.25, 0.3) is 0 Å². The molecule has 94 valence electrons. The molecule has 0 spiro atoms. The van der Waals surface area contributed by atoms with Gasteiger partial charge in [-0.2, -0.15) is 5.26 Å². The molecule has 0 atom stereocenters. The summed E-state index contributed by atoms with van der Waals surface area (Å²) in [5, 5.41) is 11.2. The zero-order valence-corrected chi connectivity index (χ0v) is 10.5. The lowest BCUT2D eigenvalue weighted by molar-refractivity contribution is 0.326. The number of nitriles is 1. The van der Waals surface area contributed by atoms with Gasteiger partial charge in [0.15, 0.2) is 6.19 Å². The predicted molar refractivity (Wildman–Crippen MR) is 73.4 cm³/mol. The fourth-order valence-corrected chi connectivity index (χ4v) is 2.42. The molecule has 3 heteroatoms. The van der Waals surface area contributed by atoms with Crippen LogP contribution in [-0.4, -0.2) is 18.8 Å². The van der Waals surface area contributed by atoms with Crippen molar-refractivity contribution in [3.8, 4) is 6.19 Å². The molecule has 0 heterocycles. The first kappa shape index (κ1) is 12.6. The van der Waals surface area contributed by atoms with Gasteiger partial charge >= 0.3 is 0 Å². The maximum absolute atomic E-state index is 8.47. The fourth-order valence-electron chi connectivity index (χ4n) is 2.42. The third-order valence-corrected chi connectivity index (χ3v) is 3.52. The van der Waals surface area contributed by atoms with E-state index in [-0.39, 0.29) is 0 Å². The van der Waals surface area contributed by atoms with Crippen molar-refractivity contribution < 1.29 is 0 Å². The highest BCUT2D eigenvalue weighted by atomic mass is 14.9. The van der Waals surface area contributed by atoms with Crippen molar-refractivity contribution in [3.63, 3.8) is 0 Å². The molecule has 18 heavy (non-hydrogen) atoms. The summed E-state index contributed by atoms with van der Waals surface area (Å²) in [7, 11) is 0. The Morgan fingerprint density at radius 2 is 1.94 bits per heavy atom. The summed E-state index contributed by atoms with van der Waals surface area (Å²) in [4.78, 5) is 4.66. The van der Waals surface area contributed by atoms with Crippen molar-refractivity contribution in [3.05, 3.63) is 35.9 Å². The molecule has 2 rings (SSSR count). The van der Waals surface area contributed by atoms with Crippen LogP contribution in [0.2, 0.25) is 0 Å². The summed E-state index contributed by atoms with van der Waals surface area (Å²) in [5.74, 6) is 0.646. The van der Waals surface area contributed by atoms with Gasteiger partial charge in [0.1, 0.15) is 0 Å². The first-order chi connectivity index (χ1) is 8.88. The molecule has 1 N–H and O–H groups in total. The number of rotatable bonds is 4. The highest BCUT2D eigenvalue weighted by Gasteiger charge is 2.19. The number of hydrogen-bond donors (Lipinski definition) is 1. The van der Waals surface area contributed by atoms with Crippen LogP contribution >= 0.6 is 0 Å². The van der Waals surface area contributed by atoms with Crippen LogP contribution < -0.4 is 5.32 Å². The van der Waals surface area contributed by atoms with E-state index in [1.807, 2.05) is 30.6 Å². The summed E-state index contributed by atoms with van der Waals surface area (Å²) in [6.07, 6.45) is 8.60. The van der Waals surface area contributed by atoms with Crippen LogP contribution in [0.25, 0.3) is 0 Å². The van der Waals surface area contributed by atoms with Gasteiger partial charge in [-0.25, -0.2) is 0 Å². The van der Waals surface area contributed by atoms with E-state index in [9.17, 15) is 0 Å². The summed E-state index contributed by atoms with van der Waals surface area (Å²) in [6.45, 7) is 0.825. The second-order valence-corrected chi connectivity index (χ2v) is 4.86. The van der Waals surface area contributed by atoms with E-state index in [2.05, 4.69) is 22.4 Å². The van der Waals surface area contributed by atoms with Crippen molar-refractivity contribution in [2.45, 2.75) is 31.7 Å². The van der Waals surface area contributed by atoms with E-state index in [0.29, 0.717) is 12.0 Å². The van der Waals surface area contributed by atoms with Crippen molar-refractivity contribution >= 4 is 6.21 Å². The van der Waals surface area contributed by atoms with E-state index < -0.39 is 0 Å². The monoisotopic (exact) mass is 241 g/mol. The molecule has 0 aromatic heterocycles. The van der Waals surface area contributed by atoms with Crippen LogP contribution in [0.15, 0.2) is 35.3 Å². The van der Waals surface area contributed by atoms with E-state index >= 15 is 0 Å². The number of hydrogen-bond acceptors (Lipinski definition) is 3. The molecule has 1 aliphatic rings. The Kier molecular flexibility index (Phi) is 4.78. The van der Waals surface area contributed by atoms with Gasteiger partial charge in [-0.05, 0) is 37.2 Å². The van der Waals surface area contributed by atoms with E-state index in [1.54, 1.807) is 0 Å². The van der Waals surface area contributed by atoms with E-state index in [0.717, 1.165) is 19.4 Å². The summed E-state index contributed by atoms with van der Waals surface area (Å²) >= 11 is 0. The van der Waals surface area contributed by atoms with Gasteiger partial charge in [-0.3, -0.25) is 4.99 Å². The summed E-state index contributed by atoms with van der Waals surface area (Å²) in [6, 6.07) is 10.7. The quantitative estimate of drug-likeness (QED) is 0.500. The Morgan fingerprint density at radius 3 is 2.61 bits per heavy atom. The number of aliphatic imine (C=N–C) groups is 1. The van der Waals surface area contributed by atoms with Crippen LogP contribution in [0.5, 0.6) is 0 Å². The zero-order chi connectivity index (χ0) is 12.6. The lowest BCUT2D eigenvalue weighted by Crippen LogP contribution is -2.25. The van der Waals surface area contributed by atoms with Crippen molar-refractivity contribution in [1.29, 1.82) is 5.26 Å². The average molecular weight is 241 g/mol. The normalized spacial score (nSPS) is 23.7. The standard InChI is InChI=1S/C15H19N3/c16-12-17-10-14-6-8-15(9-7-14)18-11-13-4-2-1-3-5-13/h1-5,11,14-15,17H,6-10H2. The highest BCUT2D eigenvalue weighted by Crippen LogP contribution is 2.25. The van der Waals surface area contributed by atoms with Crippen molar-refractivity contribution in [2.75, 3.05) is 6.54 Å². The molecule has 3 nitrogen and oxygen atoms in total. The Hall–Kier alpha value is -1.82. The Balaban J connectivity index is 1.77. The van der Waals surface area contributed by atoms with Crippen LogP contribution in [0.4, 0.5) is 0 Å². The Labute approximate surface area is 109 Å². The van der Waals surface area contributed by atoms with Gasteiger partial charge < -0.3 is 5.32 Å². The molecular formula is C15H19N3. The molecule has 0 unspecified atom stereocenters. The molecule has 0 aliphatic heterocycles. The van der Waals surface area contributed by atoms with E-state index in [1.165, 1.54) is 18.4 Å². The minimum atomic E-state index is 0.462. The lowest BCUT2D eigenvalue weighted by Gasteiger charge is -2.25. The molecule has 0 bridgehead atoms. The number of nitrogens with one attached hydrogen (secondary N) is 1. The minimum Gasteiger partial charge on any atom is -0.324 e. The molecule has 0 saturated heterocycles. The van der Waals surface area contributed by atoms with Crippen LogP contribution in [0, 0.1) is 17.4 Å². The average Bonchev–Trinajstić information content (AvgIpc) is 2.45. The van der Waals surface area contributed by atoms with E-state index in [4.69, 9.17) is 5.26 Å². The van der Waals surface area contributed by atoms with Gasteiger partial charge in [-0.15, -0.1) is 0 Å². The van der Waals surface area contributed by atoms with Gasteiger partial charge in [0.2, 0.25) is 0 Å². The Bertz CT molecular complexity index is 411. The van der Waals surface area contributed by atoms with Crippen LogP contribution in [0.3, 0.4) is 0 Å². The minimum absolute atomic E-state index is 0.462. The highest BCUT2D eigenvalue weighted by molar-refractivity contribution is 5.79. The van der Waals surface area contributed by atoms with Gasteiger partial charge in [0.05, 0.1) is 0 Å². The first-order valence-electron chi connectivity index (χ1n) is 6.58. The smallest absolute Gasteiger partial charge is 0.176 e. The molecule has 1 aromatic rings. The molecule has 0 amide bonds. The molecule has 1 aliphatic carbocycles. The van der Waals surface area contributed by atoms with Gasteiger partial charge in [-0.1, -0.05) is 30.3 Å². The largest absolute Gasteiger partial charge is 0.324 e. The predicted octanol–water partition coefficient (Wildman–Crippen LogP) is 2.73. The van der Waals surface area contributed by atoms with Crippen LogP contribution in [-0.2, 0) is 0 Å². The second-order valence-electron chi connectivity index (χ2n) is 4.86. The Morgan fingerprint density at radius 1 is 1.22 bits per heavy atom. The maximum atomic E-state index is 8.47. The fraction of sp³-hybridized carbons (Fsp3) is 0.467. The summed E-state index contributed by atoms with van der Waals surface area (Å²) < 4.78 is 0. The first-order valence-corrected chi connectivity index (χ1v) is 6.58. The second kappa shape index (κ2) is 6.80. The van der Waals surface area contributed by atoms with Crippen molar-refractivity contribution in [2.24, 2.45) is 10.9 Å². The SMILES string of the molecule is N#CNCC1CCC(N=Cc2ccccc2)CC1. The molecule has 1 saturated carbocycles. The van der Waals surface area contributed by atoms with Gasteiger partial charge in [0, 0.05) is 18.8 Å².